The zero-order chi connectivity index (χ0) is 19.3. The number of likely N-dealkylation sites (tertiary alicyclic amines) is 1. The van der Waals surface area contributed by atoms with Crippen LogP contribution >= 0.6 is 0 Å². The van der Waals surface area contributed by atoms with Crippen molar-refractivity contribution in [2.75, 3.05) is 20.2 Å². The van der Waals surface area contributed by atoms with Gasteiger partial charge in [0.1, 0.15) is 5.60 Å². The molecule has 1 aromatic carbocycles. The largest absolute Gasteiger partial charge is 0.469 e. The summed E-state index contributed by atoms with van der Waals surface area (Å²) in [5.74, 6) is -0.733. The van der Waals surface area contributed by atoms with Crippen LogP contribution in [0.25, 0.3) is 0 Å². The summed E-state index contributed by atoms with van der Waals surface area (Å²) < 4.78 is 10.4. The third-order valence-corrected chi connectivity index (χ3v) is 4.53. The maximum atomic E-state index is 12.4. The minimum atomic E-state index is -0.561. The van der Waals surface area contributed by atoms with Gasteiger partial charge in [0.15, 0.2) is 0 Å². The highest BCUT2D eigenvalue weighted by Crippen LogP contribution is 2.24. The van der Waals surface area contributed by atoms with Gasteiger partial charge < -0.3 is 19.7 Å². The molecular weight excluding hydrogens is 332 g/mol. The van der Waals surface area contributed by atoms with Crippen molar-refractivity contribution < 1.29 is 19.1 Å². The fourth-order valence-electron chi connectivity index (χ4n) is 3.19. The highest BCUT2D eigenvalue weighted by Gasteiger charge is 2.38. The second-order valence-corrected chi connectivity index (χ2v) is 7.75. The van der Waals surface area contributed by atoms with Gasteiger partial charge in [0, 0.05) is 25.2 Å². The standard InChI is InChI=1S/C20H30N2O4/c1-14(15-9-7-6-8-10-15)21-17-11-12-22(13-16(17)18(23)25-5)19(24)26-20(2,3)4/h6-10,14,16-17,21H,11-13H2,1-5H3/t14?,16-,17-/m0/s1. The van der Waals surface area contributed by atoms with Crippen LogP contribution in [0.1, 0.15) is 45.7 Å². The molecule has 0 aromatic heterocycles. The first kappa shape index (κ1) is 20.2. The minimum absolute atomic E-state index is 0.0589. The number of methoxy groups -OCH3 is 1. The Morgan fingerprint density at radius 3 is 2.46 bits per heavy atom. The van der Waals surface area contributed by atoms with E-state index < -0.39 is 11.5 Å². The van der Waals surface area contributed by atoms with E-state index in [1.165, 1.54) is 7.11 Å². The second kappa shape index (κ2) is 8.54. The monoisotopic (exact) mass is 362 g/mol. The molecule has 6 heteroatoms. The van der Waals surface area contributed by atoms with E-state index in [1.54, 1.807) is 4.90 Å². The quantitative estimate of drug-likeness (QED) is 0.834. The van der Waals surface area contributed by atoms with Crippen molar-refractivity contribution in [3.05, 3.63) is 35.9 Å². The lowest BCUT2D eigenvalue weighted by atomic mass is 9.91. The van der Waals surface area contributed by atoms with Gasteiger partial charge in [0.05, 0.1) is 13.0 Å². The molecule has 1 unspecified atom stereocenters. The Hall–Kier alpha value is -2.08. The fraction of sp³-hybridized carbons (Fsp3) is 0.600. The Morgan fingerprint density at radius 2 is 1.88 bits per heavy atom. The zero-order valence-corrected chi connectivity index (χ0v) is 16.3. The van der Waals surface area contributed by atoms with Crippen LogP contribution in [0.5, 0.6) is 0 Å². The molecule has 0 spiro atoms. The summed E-state index contributed by atoms with van der Waals surface area (Å²) in [7, 11) is 1.38. The summed E-state index contributed by atoms with van der Waals surface area (Å²) in [4.78, 5) is 26.3. The lowest BCUT2D eigenvalue weighted by Crippen LogP contribution is -2.55. The summed E-state index contributed by atoms with van der Waals surface area (Å²) in [6.07, 6.45) is 0.275. The Labute approximate surface area is 155 Å². The highest BCUT2D eigenvalue weighted by molar-refractivity contribution is 5.75. The van der Waals surface area contributed by atoms with E-state index in [2.05, 4.69) is 24.4 Å². The maximum Gasteiger partial charge on any atom is 0.410 e. The summed E-state index contributed by atoms with van der Waals surface area (Å²) in [5.41, 5.74) is 0.597. The lowest BCUT2D eigenvalue weighted by molar-refractivity contribution is -0.148. The number of carbonyl (C=O) groups excluding carboxylic acids is 2. The van der Waals surface area contributed by atoms with Gasteiger partial charge in [-0.15, -0.1) is 0 Å². The number of piperidine rings is 1. The van der Waals surface area contributed by atoms with E-state index in [-0.39, 0.29) is 24.1 Å². The van der Waals surface area contributed by atoms with Crippen LogP contribution in [0.3, 0.4) is 0 Å². The van der Waals surface area contributed by atoms with Gasteiger partial charge >= 0.3 is 12.1 Å². The van der Waals surface area contributed by atoms with Crippen molar-refractivity contribution >= 4 is 12.1 Å². The molecule has 26 heavy (non-hydrogen) atoms. The Morgan fingerprint density at radius 1 is 1.23 bits per heavy atom. The first-order valence-corrected chi connectivity index (χ1v) is 9.08. The number of hydrogen-bond acceptors (Lipinski definition) is 5. The molecule has 3 atom stereocenters. The van der Waals surface area contributed by atoms with Crippen molar-refractivity contribution in [1.29, 1.82) is 0 Å². The van der Waals surface area contributed by atoms with E-state index >= 15 is 0 Å². The molecule has 0 aliphatic carbocycles. The van der Waals surface area contributed by atoms with Crippen LogP contribution in [0.4, 0.5) is 4.79 Å². The van der Waals surface area contributed by atoms with Crippen LogP contribution in [0.15, 0.2) is 30.3 Å². The lowest BCUT2D eigenvalue weighted by Gasteiger charge is -2.39. The summed E-state index contributed by atoms with van der Waals surface area (Å²) in [6, 6.07) is 10.1. The molecule has 1 amide bonds. The Balaban J connectivity index is 2.06. The molecule has 1 saturated heterocycles. The average Bonchev–Trinajstić information content (AvgIpc) is 2.60. The SMILES string of the molecule is COC(=O)[C@H]1CN(C(=O)OC(C)(C)C)CC[C@@H]1NC(C)c1ccccc1. The van der Waals surface area contributed by atoms with Gasteiger partial charge in [0.25, 0.3) is 0 Å². The molecule has 1 aromatic rings. The van der Waals surface area contributed by atoms with E-state index in [9.17, 15) is 9.59 Å². The van der Waals surface area contributed by atoms with Gasteiger partial charge in [-0.25, -0.2) is 4.79 Å². The topological polar surface area (TPSA) is 67.9 Å². The fourth-order valence-corrected chi connectivity index (χ4v) is 3.19. The predicted octanol–water partition coefficient (Wildman–Crippen LogP) is 3.14. The molecule has 144 valence electrons. The number of rotatable bonds is 4. The van der Waals surface area contributed by atoms with E-state index in [1.807, 2.05) is 39.0 Å². The second-order valence-electron chi connectivity index (χ2n) is 7.75. The number of hydrogen-bond donors (Lipinski definition) is 1. The first-order chi connectivity index (χ1) is 12.2. The first-order valence-electron chi connectivity index (χ1n) is 9.08. The van der Waals surface area contributed by atoms with Crippen molar-refractivity contribution in [3.63, 3.8) is 0 Å². The maximum absolute atomic E-state index is 12.4. The molecule has 1 N–H and O–H groups in total. The van der Waals surface area contributed by atoms with Gasteiger partial charge in [-0.05, 0) is 39.7 Å². The smallest absolute Gasteiger partial charge is 0.410 e. The van der Waals surface area contributed by atoms with Crippen LogP contribution in [-0.2, 0) is 14.3 Å². The Kier molecular flexibility index (Phi) is 6.64. The zero-order valence-electron chi connectivity index (χ0n) is 16.3. The number of nitrogens with zero attached hydrogens (tertiary/aromatic N) is 1. The molecule has 0 saturated carbocycles. The highest BCUT2D eigenvalue weighted by atomic mass is 16.6. The van der Waals surface area contributed by atoms with Crippen LogP contribution < -0.4 is 5.32 Å². The van der Waals surface area contributed by atoms with E-state index in [0.29, 0.717) is 19.5 Å². The van der Waals surface area contributed by atoms with E-state index in [0.717, 1.165) is 5.56 Å². The molecule has 1 heterocycles. The number of ether oxygens (including phenoxy) is 2. The molecule has 1 aliphatic heterocycles. The minimum Gasteiger partial charge on any atom is -0.469 e. The number of carbonyl (C=O) groups is 2. The molecule has 0 bridgehead atoms. The van der Waals surface area contributed by atoms with Crippen molar-refractivity contribution in [1.82, 2.24) is 10.2 Å². The van der Waals surface area contributed by atoms with E-state index in [4.69, 9.17) is 9.47 Å². The van der Waals surface area contributed by atoms with Crippen LogP contribution in [0, 0.1) is 5.92 Å². The molecular formula is C20H30N2O4. The van der Waals surface area contributed by atoms with Crippen LogP contribution in [0.2, 0.25) is 0 Å². The molecule has 1 fully saturated rings. The number of amides is 1. The molecule has 2 rings (SSSR count). The van der Waals surface area contributed by atoms with Gasteiger partial charge in [-0.3, -0.25) is 4.79 Å². The Bertz CT molecular complexity index is 612. The number of benzene rings is 1. The number of esters is 1. The predicted molar refractivity (Wildman–Crippen MR) is 99.7 cm³/mol. The van der Waals surface area contributed by atoms with Gasteiger partial charge in [0.2, 0.25) is 0 Å². The average molecular weight is 362 g/mol. The normalized spacial score (nSPS) is 21.8. The van der Waals surface area contributed by atoms with Gasteiger partial charge in [-0.2, -0.15) is 0 Å². The summed E-state index contributed by atoms with van der Waals surface area (Å²) >= 11 is 0. The molecule has 0 radical (unpaired) electrons. The van der Waals surface area contributed by atoms with Crippen molar-refractivity contribution in [2.24, 2.45) is 5.92 Å². The van der Waals surface area contributed by atoms with Gasteiger partial charge in [-0.1, -0.05) is 30.3 Å². The molecule has 6 nitrogen and oxygen atoms in total. The van der Waals surface area contributed by atoms with Crippen molar-refractivity contribution in [2.45, 2.75) is 51.8 Å². The summed E-state index contributed by atoms with van der Waals surface area (Å²) in [5, 5.41) is 3.53. The third-order valence-electron chi connectivity index (χ3n) is 4.53. The number of nitrogens with one attached hydrogen (secondary N) is 1. The van der Waals surface area contributed by atoms with Crippen LogP contribution in [-0.4, -0.2) is 48.8 Å². The summed E-state index contributed by atoms with van der Waals surface area (Å²) in [6.45, 7) is 8.40. The van der Waals surface area contributed by atoms with Crippen molar-refractivity contribution in [3.8, 4) is 0 Å². The molecule has 1 aliphatic rings. The third kappa shape index (κ3) is 5.46.